The number of aromatic amines is 1. The van der Waals surface area contributed by atoms with Crippen molar-refractivity contribution in [3.8, 4) is 0 Å². The summed E-state index contributed by atoms with van der Waals surface area (Å²) >= 11 is 0. The predicted molar refractivity (Wildman–Crippen MR) is 87.6 cm³/mol. The van der Waals surface area contributed by atoms with Crippen LogP contribution in [0.3, 0.4) is 0 Å². The van der Waals surface area contributed by atoms with Crippen molar-refractivity contribution >= 4 is 11.3 Å². The number of H-pyrrole nitrogens is 1. The highest BCUT2D eigenvalue weighted by Crippen LogP contribution is 2.31. The molecule has 0 radical (unpaired) electrons. The highest BCUT2D eigenvalue weighted by molar-refractivity contribution is 5.68. The third-order valence-corrected chi connectivity index (χ3v) is 4.60. The maximum Gasteiger partial charge on any atom is 0.200 e. The molecule has 0 saturated carbocycles. The summed E-state index contributed by atoms with van der Waals surface area (Å²) in [5, 5.41) is 12.9. The number of anilines is 1. The van der Waals surface area contributed by atoms with Crippen LogP contribution in [0.5, 0.6) is 0 Å². The van der Waals surface area contributed by atoms with Crippen LogP contribution in [0, 0.1) is 0 Å². The number of fused-ring (bicyclic) bond motifs is 1. The standard InChI is InChI=1S/C16H21N7/c1-11(2)13-9-14(16-20-19-10-23(16)21-13)22-7-3-12(4-8-22)15-17-5-6-18-15/h5-6,9-12H,3-4,7-8H2,1-2H3,(H,17,18). The van der Waals surface area contributed by atoms with Gasteiger partial charge in [-0.15, -0.1) is 10.2 Å². The lowest BCUT2D eigenvalue weighted by Crippen LogP contribution is -2.33. The van der Waals surface area contributed by atoms with Crippen LogP contribution in [0.4, 0.5) is 5.69 Å². The Morgan fingerprint density at radius 1 is 1.26 bits per heavy atom. The van der Waals surface area contributed by atoms with Crippen molar-refractivity contribution in [3.05, 3.63) is 36.3 Å². The monoisotopic (exact) mass is 311 g/mol. The predicted octanol–water partition coefficient (Wildman–Crippen LogP) is 2.35. The van der Waals surface area contributed by atoms with Gasteiger partial charge in [0.25, 0.3) is 0 Å². The topological polar surface area (TPSA) is 75.0 Å². The highest BCUT2D eigenvalue weighted by Gasteiger charge is 2.24. The molecule has 4 heterocycles. The van der Waals surface area contributed by atoms with Crippen molar-refractivity contribution in [1.29, 1.82) is 0 Å². The maximum atomic E-state index is 4.60. The highest BCUT2D eigenvalue weighted by atomic mass is 15.4. The fourth-order valence-corrected chi connectivity index (χ4v) is 3.24. The lowest BCUT2D eigenvalue weighted by Gasteiger charge is -2.33. The number of hydrogen-bond donors (Lipinski definition) is 1. The summed E-state index contributed by atoms with van der Waals surface area (Å²) in [5.74, 6) is 2.00. The smallest absolute Gasteiger partial charge is 0.200 e. The Kier molecular flexibility index (Phi) is 3.48. The first kappa shape index (κ1) is 14.2. The van der Waals surface area contributed by atoms with Crippen molar-refractivity contribution in [2.45, 2.75) is 38.5 Å². The lowest BCUT2D eigenvalue weighted by molar-refractivity contribution is 0.488. The minimum absolute atomic E-state index is 0.376. The van der Waals surface area contributed by atoms with Gasteiger partial charge in [0, 0.05) is 31.4 Å². The van der Waals surface area contributed by atoms with Gasteiger partial charge >= 0.3 is 0 Å². The van der Waals surface area contributed by atoms with Crippen LogP contribution in [0.15, 0.2) is 24.8 Å². The Hall–Kier alpha value is -2.44. The number of nitrogens with zero attached hydrogens (tertiary/aromatic N) is 6. The van der Waals surface area contributed by atoms with Gasteiger partial charge in [-0.25, -0.2) is 4.98 Å². The molecule has 7 heteroatoms. The summed E-state index contributed by atoms with van der Waals surface area (Å²) < 4.78 is 1.79. The molecule has 0 spiro atoms. The molecule has 3 aromatic heterocycles. The van der Waals surface area contributed by atoms with E-state index in [0.717, 1.165) is 48.8 Å². The SMILES string of the molecule is CC(C)c1cc(N2CCC(c3ncc[nH]3)CC2)c2nncn2n1. The molecule has 1 saturated heterocycles. The molecule has 0 aromatic carbocycles. The number of nitrogens with one attached hydrogen (secondary N) is 1. The van der Waals surface area contributed by atoms with Gasteiger partial charge in [-0.3, -0.25) is 0 Å². The summed E-state index contributed by atoms with van der Waals surface area (Å²) in [4.78, 5) is 10.1. The Bertz CT molecular complexity index is 782. The summed E-state index contributed by atoms with van der Waals surface area (Å²) in [7, 11) is 0. The van der Waals surface area contributed by atoms with Gasteiger partial charge in [0.1, 0.15) is 12.2 Å². The summed E-state index contributed by atoms with van der Waals surface area (Å²) in [6.45, 7) is 6.31. The molecule has 1 N–H and O–H groups in total. The van der Waals surface area contributed by atoms with E-state index in [1.807, 2.05) is 12.4 Å². The second-order valence-electron chi connectivity index (χ2n) is 6.44. The van der Waals surface area contributed by atoms with Gasteiger partial charge in [0.2, 0.25) is 5.65 Å². The molecule has 0 unspecified atom stereocenters. The van der Waals surface area contributed by atoms with Gasteiger partial charge in [0.05, 0.1) is 11.4 Å². The minimum Gasteiger partial charge on any atom is -0.368 e. The van der Waals surface area contributed by atoms with E-state index in [1.54, 1.807) is 10.8 Å². The Balaban J connectivity index is 1.61. The van der Waals surface area contributed by atoms with E-state index in [0.29, 0.717) is 11.8 Å². The Morgan fingerprint density at radius 3 is 2.78 bits per heavy atom. The summed E-state index contributed by atoms with van der Waals surface area (Å²) in [6, 6.07) is 2.17. The quantitative estimate of drug-likeness (QED) is 0.803. The lowest BCUT2D eigenvalue weighted by atomic mass is 9.95. The zero-order valence-electron chi connectivity index (χ0n) is 13.5. The molecule has 1 fully saturated rings. The van der Waals surface area contributed by atoms with Crippen molar-refractivity contribution in [1.82, 2.24) is 29.8 Å². The van der Waals surface area contributed by atoms with E-state index in [9.17, 15) is 0 Å². The first-order chi connectivity index (χ1) is 11.2. The zero-order valence-corrected chi connectivity index (χ0v) is 13.5. The number of hydrogen-bond acceptors (Lipinski definition) is 5. The second-order valence-corrected chi connectivity index (χ2v) is 6.44. The van der Waals surface area contributed by atoms with E-state index in [2.05, 4.69) is 50.1 Å². The molecule has 0 bridgehead atoms. The molecule has 1 aliphatic rings. The molecule has 120 valence electrons. The van der Waals surface area contributed by atoms with Crippen molar-refractivity contribution in [2.24, 2.45) is 0 Å². The number of piperidine rings is 1. The number of imidazole rings is 1. The molecule has 4 rings (SSSR count). The molecule has 7 nitrogen and oxygen atoms in total. The second kappa shape index (κ2) is 5.64. The molecule has 1 aliphatic heterocycles. The number of rotatable bonds is 3. The van der Waals surface area contributed by atoms with Gasteiger partial charge in [-0.1, -0.05) is 13.8 Å². The van der Waals surface area contributed by atoms with Crippen molar-refractivity contribution in [2.75, 3.05) is 18.0 Å². The third kappa shape index (κ3) is 2.56. The van der Waals surface area contributed by atoms with Crippen LogP contribution in [-0.2, 0) is 0 Å². The maximum absolute atomic E-state index is 4.60. The summed E-state index contributed by atoms with van der Waals surface area (Å²) in [6.07, 6.45) is 7.60. The van der Waals surface area contributed by atoms with Gasteiger partial charge in [0.15, 0.2) is 0 Å². The first-order valence-electron chi connectivity index (χ1n) is 8.17. The van der Waals surface area contributed by atoms with Crippen LogP contribution in [-0.4, -0.2) is 42.9 Å². The molecule has 0 amide bonds. The molecular weight excluding hydrogens is 290 g/mol. The van der Waals surface area contributed by atoms with Crippen LogP contribution < -0.4 is 4.90 Å². The molecule has 23 heavy (non-hydrogen) atoms. The Morgan fingerprint density at radius 2 is 2.09 bits per heavy atom. The summed E-state index contributed by atoms with van der Waals surface area (Å²) in [5.41, 5.74) is 3.05. The molecule has 0 atom stereocenters. The first-order valence-corrected chi connectivity index (χ1v) is 8.17. The van der Waals surface area contributed by atoms with E-state index >= 15 is 0 Å². The van der Waals surface area contributed by atoms with Crippen LogP contribution in [0.25, 0.3) is 5.65 Å². The third-order valence-electron chi connectivity index (χ3n) is 4.60. The van der Waals surface area contributed by atoms with Gasteiger partial charge in [-0.05, 0) is 24.8 Å². The number of aromatic nitrogens is 6. The Labute approximate surface area is 134 Å². The normalized spacial score (nSPS) is 16.6. The van der Waals surface area contributed by atoms with Crippen molar-refractivity contribution < 1.29 is 0 Å². The van der Waals surface area contributed by atoms with Gasteiger partial charge < -0.3 is 9.88 Å². The van der Waals surface area contributed by atoms with Crippen LogP contribution >= 0.6 is 0 Å². The fraction of sp³-hybridized carbons (Fsp3) is 0.500. The molecule has 3 aromatic rings. The van der Waals surface area contributed by atoms with E-state index in [4.69, 9.17) is 0 Å². The van der Waals surface area contributed by atoms with Crippen LogP contribution in [0.2, 0.25) is 0 Å². The van der Waals surface area contributed by atoms with E-state index < -0.39 is 0 Å². The minimum atomic E-state index is 0.376. The zero-order chi connectivity index (χ0) is 15.8. The average molecular weight is 311 g/mol. The molecular formula is C16H21N7. The fourth-order valence-electron chi connectivity index (χ4n) is 3.24. The van der Waals surface area contributed by atoms with E-state index in [-0.39, 0.29) is 0 Å². The van der Waals surface area contributed by atoms with E-state index in [1.165, 1.54) is 0 Å². The molecule has 0 aliphatic carbocycles. The average Bonchev–Trinajstić information content (AvgIpc) is 3.25. The van der Waals surface area contributed by atoms with Crippen LogP contribution in [0.1, 0.15) is 50.0 Å². The van der Waals surface area contributed by atoms with Crippen molar-refractivity contribution in [3.63, 3.8) is 0 Å². The largest absolute Gasteiger partial charge is 0.368 e. The van der Waals surface area contributed by atoms with Gasteiger partial charge in [-0.2, -0.15) is 9.61 Å².